The van der Waals surface area contributed by atoms with Gasteiger partial charge in [0.05, 0.1) is 16.8 Å². The molecule has 1 atom stereocenters. The number of hydrogen-bond donors (Lipinski definition) is 0. The van der Waals surface area contributed by atoms with Gasteiger partial charge in [0, 0.05) is 36.8 Å². The fourth-order valence-corrected chi connectivity index (χ4v) is 5.75. The van der Waals surface area contributed by atoms with Crippen LogP contribution in [0.3, 0.4) is 0 Å². The van der Waals surface area contributed by atoms with Crippen molar-refractivity contribution in [1.29, 1.82) is 0 Å². The zero-order valence-electron chi connectivity index (χ0n) is 16.9. The molecular formula is C22H23N3O3S. The molecule has 4 rings (SSSR count). The molecule has 29 heavy (non-hydrogen) atoms. The van der Waals surface area contributed by atoms with Crippen molar-refractivity contribution >= 4 is 21.5 Å². The Balaban J connectivity index is 1.82. The Bertz CT molecular complexity index is 1230. The maximum Gasteiger partial charge on any atom is 0.264 e. The van der Waals surface area contributed by atoms with Crippen LogP contribution in [0.5, 0.6) is 0 Å². The van der Waals surface area contributed by atoms with E-state index >= 15 is 0 Å². The number of carbonyl (C=O) groups is 1. The summed E-state index contributed by atoms with van der Waals surface area (Å²) >= 11 is 0. The number of aryl methyl sites for hydroxylation is 3. The standard InChI is InChI=1S/C22H23N3O3S/c1-14-6-5-7-19-21(14)25(12-16(3)22(19)26)29(27,28)20-9-8-17(10-15(20)2)18-11-23-24(4)13-18/h5-11,13,16H,12H2,1-4H3. The van der Waals surface area contributed by atoms with Gasteiger partial charge in [0.1, 0.15) is 0 Å². The molecule has 2 heterocycles. The Hall–Kier alpha value is -2.93. The lowest BCUT2D eigenvalue weighted by molar-refractivity contribution is 0.0929. The number of anilines is 1. The third kappa shape index (κ3) is 3.15. The first kappa shape index (κ1) is 19.4. The summed E-state index contributed by atoms with van der Waals surface area (Å²) in [6.45, 7) is 5.55. The van der Waals surface area contributed by atoms with Gasteiger partial charge in [0.25, 0.3) is 10.0 Å². The summed E-state index contributed by atoms with van der Waals surface area (Å²) in [4.78, 5) is 12.9. The van der Waals surface area contributed by atoms with Crippen molar-refractivity contribution < 1.29 is 13.2 Å². The fourth-order valence-electron chi connectivity index (χ4n) is 3.90. The smallest absolute Gasteiger partial charge is 0.264 e. The van der Waals surface area contributed by atoms with Crippen molar-refractivity contribution in [2.45, 2.75) is 25.7 Å². The topological polar surface area (TPSA) is 72.3 Å². The van der Waals surface area contributed by atoms with Gasteiger partial charge < -0.3 is 0 Å². The van der Waals surface area contributed by atoms with Crippen LogP contribution in [0.4, 0.5) is 5.69 Å². The summed E-state index contributed by atoms with van der Waals surface area (Å²) in [5.41, 5.74) is 4.23. The number of ketones is 1. The summed E-state index contributed by atoms with van der Waals surface area (Å²) < 4.78 is 30.4. The molecule has 0 N–H and O–H groups in total. The predicted octanol–water partition coefficient (Wildman–Crippen LogP) is 3.73. The molecule has 1 aliphatic rings. The van der Waals surface area contributed by atoms with Gasteiger partial charge in [0.15, 0.2) is 5.78 Å². The monoisotopic (exact) mass is 409 g/mol. The molecule has 0 radical (unpaired) electrons. The minimum atomic E-state index is -3.82. The lowest BCUT2D eigenvalue weighted by Gasteiger charge is -2.34. The molecule has 2 aromatic carbocycles. The van der Waals surface area contributed by atoms with E-state index in [-0.39, 0.29) is 17.2 Å². The van der Waals surface area contributed by atoms with Gasteiger partial charge >= 0.3 is 0 Å². The van der Waals surface area contributed by atoms with Gasteiger partial charge in [-0.3, -0.25) is 13.8 Å². The van der Waals surface area contributed by atoms with Crippen molar-refractivity contribution in [3.05, 3.63) is 65.5 Å². The number of carbonyl (C=O) groups excluding carboxylic acids is 1. The first-order valence-electron chi connectivity index (χ1n) is 9.46. The van der Waals surface area contributed by atoms with Crippen LogP contribution in [0.1, 0.15) is 28.4 Å². The third-order valence-corrected chi connectivity index (χ3v) is 7.35. The van der Waals surface area contributed by atoms with E-state index in [1.54, 1.807) is 49.0 Å². The summed E-state index contributed by atoms with van der Waals surface area (Å²) in [5.74, 6) is -0.409. The molecule has 6 nitrogen and oxygen atoms in total. The summed E-state index contributed by atoms with van der Waals surface area (Å²) in [6, 6.07) is 10.6. The second-order valence-electron chi connectivity index (χ2n) is 7.66. The Morgan fingerprint density at radius 1 is 1.07 bits per heavy atom. The summed E-state index contributed by atoms with van der Waals surface area (Å²) in [6.07, 6.45) is 3.64. The number of benzene rings is 2. The molecule has 1 unspecified atom stereocenters. The normalized spacial score (nSPS) is 16.8. The van der Waals surface area contributed by atoms with E-state index in [0.717, 1.165) is 16.7 Å². The zero-order valence-corrected chi connectivity index (χ0v) is 17.7. The minimum absolute atomic E-state index is 0.0150. The molecule has 0 spiro atoms. The number of fused-ring (bicyclic) bond motifs is 1. The van der Waals surface area contributed by atoms with Gasteiger partial charge in [0.2, 0.25) is 0 Å². The minimum Gasteiger partial charge on any atom is -0.294 e. The quantitative estimate of drug-likeness (QED) is 0.661. The molecule has 7 heteroatoms. The van der Waals surface area contributed by atoms with Gasteiger partial charge in [-0.05, 0) is 48.7 Å². The Kier molecular flexibility index (Phi) is 4.58. The molecule has 150 valence electrons. The van der Waals surface area contributed by atoms with E-state index in [1.165, 1.54) is 4.31 Å². The van der Waals surface area contributed by atoms with Crippen molar-refractivity contribution in [3.63, 3.8) is 0 Å². The number of para-hydroxylation sites is 1. The second kappa shape index (κ2) is 6.84. The van der Waals surface area contributed by atoms with Gasteiger partial charge in [-0.1, -0.05) is 25.1 Å². The van der Waals surface area contributed by atoms with Crippen molar-refractivity contribution in [2.75, 3.05) is 10.8 Å². The SMILES string of the molecule is Cc1cc(-c2cnn(C)c2)ccc1S(=O)(=O)N1CC(C)C(=O)c2cccc(C)c21. The van der Waals surface area contributed by atoms with E-state index < -0.39 is 15.9 Å². The van der Waals surface area contributed by atoms with E-state index in [1.807, 2.05) is 32.3 Å². The number of rotatable bonds is 3. The van der Waals surface area contributed by atoms with Crippen LogP contribution >= 0.6 is 0 Å². The highest BCUT2D eigenvalue weighted by atomic mass is 32.2. The average molecular weight is 410 g/mol. The maximum atomic E-state index is 13.6. The Morgan fingerprint density at radius 2 is 1.83 bits per heavy atom. The summed E-state index contributed by atoms with van der Waals surface area (Å²) in [5, 5.41) is 4.18. The molecule has 1 aliphatic heterocycles. The fraction of sp³-hybridized carbons (Fsp3) is 0.273. The first-order valence-corrected chi connectivity index (χ1v) is 10.9. The zero-order chi connectivity index (χ0) is 20.9. The van der Waals surface area contributed by atoms with E-state index in [0.29, 0.717) is 16.8 Å². The van der Waals surface area contributed by atoms with Crippen LogP contribution < -0.4 is 4.31 Å². The van der Waals surface area contributed by atoms with Crippen LogP contribution in [-0.4, -0.2) is 30.5 Å². The predicted molar refractivity (Wildman–Crippen MR) is 113 cm³/mol. The molecular weight excluding hydrogens is 386 g/mol. The van der Waals surface area contributed by atoms with Crippen molar-refractivity contribution in [3.8, 4) is 11.1 Å². The lowest BCUT2D eigenvalue weighted by atomic mass is 9.92. The van der Waals surface area contributed by atoms with Gasteiger partial charge in [-0.25, -0.2) is 8.42 Å². The molecule has 0 bridgehead atoms. The third-order valence-electron chi connectivity index (χ3n) is 5.42. The molecule has 0 amide bonds. The number of hydrogen-bond acceptors (Lipinski definition) is 4. The Morgan fingerprint density at radius 3 is 2.48 bits per heavy atom. The maximum absolute atomic E-state index is 13.6. The second-order valence-corrected chi connectivity index (χ2v) is 9.49. The van der Waals surface area contributed by atoms with Crippen LogP contribution in [0.2, 0.25) is 0 Å². The number of nitrogens with zero attached hydrogens (tertiary/aromatic N) is 3. The van der Waals surface area contributed by atoms with Crippen molar-refractivity contribution in [2.24, 2.45) is 13.0 Å². The molecule has 0 saturated heterocycles. The highest BCUT2D eigenvalue weighted by molar-refractivity contribution is 7.93. The van der Waals surface area contributed by atoms with E-state index in [2.05, 4.69) is 5.10 Å². The number of sulfonamides is 1. The van der Waals surface area contributed by atoms with Crippen LogP contribution in [0.25, 0.3) is 11.1 Å². The molecule has 0 saturated carbocycles. The first-order chi connectivity index (χ1) is 13.7. The van der Waals surface area contributed by atoms with Gasteiger partial charge in [-0.2, -0.15) is 5.10 Å². The highest BCUT2D eigenvalue weighted by Crippen LogP contribution is 2.37. The van der Waals surface area contributed by atoms with Crippen molar-refractivity contribution in [1.82, 2.24) is 9.78 Å². The van der Waals surface area contributed by atoms with Gasteiger partial charge in [-0.15, -0.1) is 0 Å². The molecule has 1 aromatic heterocycles. The Labute approximate surface area is 170 Å². The average Bonchev–Trinajstić information content (AvgIpc) is 3.11. The number of aromatic nitrogens is 2. The summed E-state index contributed by atoms with van der Waals surface area (Å²) in [7, 11) is -1.98. The highest BCUT2D eigenvalue weighted by Gasteiger charge is 2.37. The van der Waals surface area contributed by atoms with E-state index in [4.69, 9.17) is 0 Å². The largest absolute Gasteiger partial charge is 0.294 e. The van der Waals surface area contributed by atoms with Crippen LogP contribution in [0, 0.1) is 19.8 Å². The number of Topliss-reactive ketones (excluding diaryl/α,β-unsaturated/α-hetero) is 1. The molecule has 0 fully saturated rings. The van der Waals surface area contributed by atoms with Crippen LogP contribution in [-0.2, 0) is 17.1 Å². The lowest BCUT2D eigenvalue weighted by Crippen LogP contribution is -2.42. The van der Waals surface area contributed by atoms with E-state index in [9.17, 15) is 13.2 Å². The molecule has 0 aliphatic carbocycles. The molecule has 3 aromatic rings. The van der Waals surface area contributed by atoms with Crippen LogP contribution in [0.15, 0.2) is 53.7 Å².